The first-order chi connectivity index (χ1) is 13.3. The monoisotopic (exact) mass is 447 g/mol. The van der Waals surface area contributed by atoms with Crippen LogP contribution >= 0.6 is 15.9 Å². The molecule has 146 valence electrons. The molecule has 10 heteroatoms. The van der Waals surface area contributed by atoms with E-state index in [-0.39, 0.29) is 0 Å². The lowest BCUT2D eigenvalue weighted by Gasteiger charge is -2.39. The Labute approximate surface area is 170 Å². The van der Waals surface area contributed by atoms with E-state index in [1.165, 1.54) is 12.0 Å². The highest BCUT2D eigenvalue weighted by Gasteiger charge is 2.54. The van der Waals surface area contributed by atoms with Crippen LogP contribution in [0.5, 0.6) is 0 Å². The number of esters is 1. The fraction of sp³-hybridized carbons (Fsp3) is 0.333. The number of fused-ring (bicyclic) bond motifs is 3. The van der Waals surface area contributed by atoms with Crippen LogP contribution < -0.4 is 4.90 Å². The second-order valence-electron chi connectivity index (χ2n) is 6.67. The number of amides is 3. The number of urea groups is 1. The van der Waals surface area contributed by atoms with Crippen LogP contribution in [0.4, 0.5) is 10.5 Å². The van der Waals surface area contributed by atoms with E-state index in [1.54, 1.807) is 11.9 Å². The zero-order valence-electron chi connectivity index (χ0n) is 15.5. The van der Waals surface area contributed by atoms with Crippen LogP contribution in [0.15, 0.2) is 45.6 Å². The molecule has 0 N–H and O–H groups in total. The zero-order chi connectivity index (χ0) is 20.2. The molecule has 3 amide bonds. The first-order valence-electron chi connectivity index (χ1n) is 8.58. The third kappa shape index (κ3) is 2.67. The van der Waals surface area contributed by atoms with Crippen LogP contribution in [-0.4, -0.2) is 71.5 Å². The molecule has 1 aromatic rings. The van der Waals surface area contributed by atoms with Crippen molar-refractivity contribution in [1.29, 1.82) is 0 Å². The van der Waals surface area contributed by atoms with Crippen LogP contribution in [0.25, 0.3) is 0 Å². The van der Waals surface area contributed by atoms with Gasteiger partial charge in [-0.1, -0.05) is 15.9 Å². The SMILES string of the molecule is COC(=O)CN1C(=O)C2C(N=C3N(c4ccc(Br)cc4)C(C)=CN32)N(C)C1=O. The lowest BCUT2D eigenvalue weighted by Crippen LogP contribution is -2.65. The van der Waals surface area contributed by atoms with Crippen molar-refractivity contribution in [3.05, 3.63) is 40.6 Å². The third-order valence-corrected chi connectivity index (χ3v) is 5.52. The molecule has 1 aromatic carbocycles. The second kappa shape index (κ2) is 6.62. The molecule has 9 nitrogen and oxygen atoms in total. The number of likely N-dealkylation sites (N-methyl/N-ethyl adjacent to an activating group) is 1. The number of guanidine groups is 1. The fourth-order valence-corrected chi connectivity index (χ4v) is 3.87. The van der Waals surface area contributed by atoms with Gasteiger partial charge in [-0.25, -0.2) is 9.79 Å². The molecule has 28 heavy (non-hydrogen) atoms. The van der Waals surface area contributed by atoms with E-state index in [1.807, 2.05) is 42.3 Å². The molecule has 0 spiro atoms. The molecule has 1 fully saturated rings. The van der Waals surface area contributed by atoms with Crippen molar-refractivity contribution in [1.82, 2.24) is 14.7 Å². The molecule has 1 saturated heterocycles. The second-order valence-corrected chi connectivity index (χ2v) is 7.59. The minimum atomic E-state index is -0.724. The summed E-state index contributed by atoms with van der Waals surface area (Å²) in [6.45, 7) is 1.50. The number of allylic oxidation sites excluding steroid dienone is 1. The number of imide groups is 1. The van der Waals surface area contributed by atoms with E-state index in [0.29, 0.717) is 5.96 Å². The van der Waals surface area contributed by atoms with Gasteiger partial charge in [0.05, 0.1) is 7.11 Å². The number of carbonyl (C=O) groups excluding carboxylic acids is 3. The standard InChI is InChI=1S/C18H18BrN5O4/c1-10-8-22-14-15(20-17(22)24(10)12-6-4-11(19)5-7-12)21(2)18(27)23(16(14)26)9-13(25)28-3/h4-8,14-15H,9H2,1-3H3. The zero-order valence-corrected chi connectivity index (χ0v) is 17.1. The number of aliphatic imine (C=N–C) groups is 1. The maximum Gasteiger partial charge on any atom is 0.328 e. The molecule has 0 aliphatic carbocycles. The number of hydrogen-bond donors (Lipinski definition) is 0. The highest BCUT2D eigenvalue weighted by atomic mass is 79.9. The highest BCUT2D eigenvalue weighted by Crippen LogP contribution is 2.36. The molecule has 2 atom stereocenters. The van der Waals surface area contributed by atoms with Crippen molar-refractivity contribution >= 4 is 45.5 Å². The largest absolute Gasteiger partial charge is 0.468 e. The predicted molar refractivity (Wildman–Crippen MR) is 104 cm³/mol. The first kappa shape index (κ1) is 18.5. The maximum atomic E-state index is 13.1. The van der Waals surface area contributed by atoms with Crippen LogP contribution in [0.1, 0.15) is 6.92 Å². The normalized spacial score (nSPS) is 23.6. The smallest absolute Gasteiger partial charge is 0.328 e. The van der Waals surface area contributed by atoms with Gasteiger partial charge >= 0.3 is 12.0 Å². The lowest BCUT2D eigenvalue weighted by molar-refractivity contribution is -0.148. The number of benzene rings is 1. The Morgan fingerprint density at radius 1 is 1.25 bits per heavy atom. The number of hydrogen-bond acceptors (Lipinski definition) is 7. The molecular formula is C18H18BrN5O4. The molecule has 0 saturated carbocycles. The van der Waals surface area contributed by atoms with E-state index in [0.717, 1.165) is 20.8 Å². The highest BCUT2D eigenvalue weighted by molar-refractivity contribution is 9.10. The van der Waals surface area contributed by atoms with Crippen LogP contribution in [0, 0.1) is 0 Å². The minimum absolute atomic E-state index is 0.427. The Morgan fingerprint density at radius 2 is 1.93 bits per heavy atom. The Morgan fingerprint density at radius 3 is 2.57 bits per heavy atom. The molecule has 0 aromatic heterocycles. The number of ether oxygens (including phenoxy) is 1. The number of rotatable bonds is 3. The molecular weight excluding hydrogens is 430 g/mol. The first-order valence-corrected chi connectivity index (χ1v) is 9.38. The van der Waals surface area contributed by atoms with Crippen molar-refractivity contribution in [3.63, 3.8) is 0 Å². The topological polar surface area (TPSA) is 85.8 Å². The van der Waals surface area contributed by atoms with E-state index in [2.05, 4.69) is 25.7 Å². The Bertz CT molecular complexity index is 928. The van der Waals surface area contributed by atoms with Gasteiger partial charge < -0.3 is 14.5 Å². The molecule has 3 aliphatic heterocycles. The molecule has 0 radical (unpaired) electrons. The summed E-state index contributed by atoms with van der Waals surface area (Å²) in [5.41, 5.74) is 1.79. The van der Waals surface area contributed by atoms with E-state index in [4.69, 9.17) is 0 Å². The Hall–Kier alpha value is -2.88. The van der Waals surface area contributed by atoms with Crippen LogP contribution in [-0.2, 0) is 14.3 Å². The summed E-state index contributed by atoms with van der Waals surface area (Å²) in [6, 6.07) is 6.43. The molecule has 2 unspecified atom stereocenters. The van der Waals surface area contributed by atoms with Crippen molar-refractivity contribution in [2.24, 2.45) is 4.99 Å². The summed E-state index contributed by atoms with van der Waals surface area (Å²) in [4.78, 5) is 48.0. The lowest BCUT2D eigenvalue weighted by atomic mass is 10.1. The average molecular weight is 448 g/mol. The van der Waals surface area contributed by atoms with Crippen molar-refractivity contribution in [2.45, 2.75) is 19.1 Å². The summed E-state index contributed by atoms with van der Waals surface area (Å²) in [6.07, 6.45) is 1.18. The summed E-state index contributed by atoms with van der Waals surface area (Å²) < 4.78 is 5.57. The molecule has 4 rings (SSSR count). The van der Waals surface area contributed by atoms with Gasteiger partial charge in [0, 0.05) is 29.1 Å². The van der Waals surface area contributed by atoms with Crippen molar-refractivity contribution < 1.29 is 19.1 Å². The quantitative estimate of drug-likeness (QED) is 0.653. The number of anilines is 1. The van der Waals surface area contributed by atoms with E-state index >= 15 is 0 Å². The van der Waals surface area contributed by atoms with Crippen LogP contribution in [0.2, 0.25) is 0 Å². The van der Waals surface area contributed by atoms with Gasteiger partial charge in [0.15, 0.2) is 12.2 Å². The Kier molecular flexibility index (Phi) is 4.37. The van der Waals surface area contributed by atoms with Crippen molar-refractivity contribution in [3.8, 4) is 0 Å². The van der Waals surface area contributed by atoms with E-state index in [9.17, 15) is 14.4 Å². The summed E-state index contributed by atoms with van der Waals surface area (Å²) in [7, 11) is 2.79. The summed E-state index contributed by atoms with van der Waals surface area (Å²) in [5, 5.41) is 0. The maximum absolute atomic E-state index is 13.1. The van der Waals surface area contributed by atoms with Gasteiger partial charge in [0.25, 0.3) is 5.91 Å². The van der Waals surface area contributed by atoms with Gasteiger partial charge in [-0.3, -0.25) is 19.4 Å². The number of nitrogens with zero attached hydrogens (tertiary/aromatic N) is 5. The number of carbonyl (C=O) groups is 3. The Balaban J connectivity index is 1.69. The van der Waals surface area contributed by atoms with Crippen LogP contribution in [0.3, 0.4) is 0 Å². The summed E-state index contributed by atoms with van der Waals surface area (Å²) >= 11 is 3.42. The molecule has 3 heterocycles. The van der Waals surface area contributed by atoms with E-state index < -0.39 is 36.7 Å². The predicted octanol–water partition coefficient (Wildman–Crippen LogP) is 1.56. The number of halogens is 1. The molecule has 3 aliphatic rings. The third-order valence-electron chi connectivity index (χ3n) is 4.99. The van der Waals surface area contributed by atoms with Gasteiger partial charge in [0.1, 0.15) is 6.54 Å². The average Bonchev–Trinajstić information content (AvgIpc) is 3.18. The van der Waals surface area contributed by atoms with Gasteiger partial charge in [-0.05, 0) is 31.2 Å². The summed E-state index contributed by atoms with van der Waals surface area (Å²) in [5.74, 6) is -0.556. The van der Waals surface area contributed by atoms with Gasteiger partial charge in [0.2, 0.25) is 5.96 Å². The number of methoxy groups -OCH3 is 1. The van der Waals surface area contributed by atoms with Gasteiger partial charge in [-0.15, -0.1) is 0 Å². The van der Waals surface area contributed by atoms with Gasteiger partial charge in [-0.2, -0.15) is 0 Å². The van der Waals surface area contributed by atoms with Crippen molar-refractivity contribution in [2.75, 3.05) is 25.6 Å². The molecule has 0 bridgehead atoms. The fourth-order valence-electron chi connectivity index (χ4n) is 3.60. The minimum Gasteiger partial charge on any atom is -0.468 e.